The van der Waals surface area contributed by atoms with Crippen LogP contribution in [0, 0.1) is 0 Å². The monoisotopic (exact) mass is 285 g/mol. The van der Waals surface area contributed by atoms with Crippen molar-refractivity contribution in [2.24, 2.45) is 0 Å². The second-order valence-corrected chi connectivity index (χ2v) is 3.80. The largest absolute Gasteiger partial charge is 0.493 e. The number of nitrogens with zero attached hydrogens (tertiary/aromatic N) is 3. The third-order valence-electron chi connectivity index (χ3n) is 1.95. The molecule has 2 aromatic rings. The van der Waals surface area contributed by atoms with Gasteiger partial charge in [0, 0.05) is 6.20 Å². The molecule has 0 amide bonds. The lowest BCUT2D eigenvalue weighted by molar-refractivity contribution is 0.0521. The van der Waals surface area contributed by atoms with E-state index in [4.69, 9.17) is 4.74 Å². The number of carbonyl (C=O) groups is 1. The Morgan fingerprint density at radius 3 is 3.06 bits per heavy atom. The molecule has 0 spiro atoms. The first-order valence-electron chi connectivity index (χ1n) is 4.53. The fourth-order valence-corrected chi connectivity index (χ4v) is 1.61. The summed E-state index contributed by atoms with van der Waals surface area (Å²) in [6.07, 6.45) is 2.74. The van der Waals surface area contributed by atoms with Gasteiger partial charge in [-0.2, -0.15) is 9.61 Å². The van der Waals surface area contributed by atoms with Crippen molar-refractivity contribution >= 4 is 27.5 Å². The van der Waals surface area contributed by atoms with Gasteiger partial charge in [-0.3, -0.25) is 0 Å². The van der Waals surface area contributed by atoms with E-state index in [1.807, 2.05) is 0 Å². The van der Waals surface area contributed by atoms with Crippen LogP contribution in [0.1, 0.15) is 17.3 Å². The number of aromatic nitrogens is 3. The smallest absolute Gasteiger partial charge is 0.345 e. The number of hydrogen-bond acceptors (Lipinski definition) is 5. The Hall–Kier alpha value is -1.63. The number of rotatable bonds is 2. The standard InChI is InChI=1S/C9H8BrN3O3/c1-2-16-9(15)5-3-11-7-6(10)4-12-13(7)8(5)14/h3-4,14H,2H2,1H3. The fraction of sp³-hybridized carbons (Fsp3) is 0.222. The molecule has 0 fully saturated rings. The Kier molecular flexibility index (Phi) is 2.78. The van der Waals surface area contributed by atoms with Crippen LogP contribution in [0.15, 0.2) is 16.9 Å². The normalized spacial score (nSPS) is 10.6. The second-order valence-electron chi connectivity index (χ2n) is 2.94. The maximum atomic E-state index is 11.4. The zero-order valence-electron chi connectivity index (χ0n) is 8.35. The molecule has 0 aromatic carbocycles. The van der Waals surface area contributed by atoms with Crippen molar-refractivity contribution in [3.05, 3.63) is 22.4 Å². The SMILES string of the molecule is CCOC(=O)c1cnc2c(Br)cnn2c1O. The molecular weight excluding hydrogens is 278 g/mol. The molecule has 0 unspecified atom stereocenters. The van der Waals surface area contributed by atoms with Crippen molar-refractivity contribution in [2.45, 2.75) is 6.92 Å². The summed E-state index contributed by atoms with van der Waals surface area (Å²) in [6, 6.07) is 0. The van der Waals surface area contributed by atoms with Gasteiger partial charge in [0.25, 0.3) is 0 Å². The lowest BCUT2D eigenvalue weighted by atomic mass is 10.3. The van der Waals surface area contributed by atoms with Gasteiger partial charge >= 0.3 is 5.97 Å². The molecule has 0 bridgehead atoms. The summed E-state index contributed by atoms with van der Waals surface area (Å²) in [5.41, 5.74) is 0.426. The van der Waals surface area contributed by atoms with Gasteiger partial charge in [0.2, 0.25) is 5.88 Å². The van der Waals surface area contributed by atoms with Gasteiger partial charge in [0.15, 0.2) is 5.65 Å². The topological polar surface area (TPSA) is 76.7 Å². The average Bonchev–Trinajstić information content (AvgIpc) is 2.62. The van der Waals surface area contributed by atoms with Crippen LogP contribution in [-0.2, 0) is 4.74 Å². The molecule has 0 aliphatic rings. The van der Waals surface area contributed by atoms with Crippen molar-refractivity contribution in [3.8, 4) is 5.88 Å². The highest BCUT2D eigenvalue weighted by Gasteiger charge is 2.17. The van der Waals surface area contributed by atoms with E-state index in [1.165, 1.54) is 12.4 Å². The summed E-state index contributed by atoms with van der Waals surface area (Å²) in [7, 11) is 0. The average molecular weight is 286 g/mol. The van der Waals surface area contributed by atoms with Gasteiger partial charge in [-0.25, -0.2) is 9.78 Å². The first kappa shape index (κ1) is 10.9. The molecule has 2 aromatic heterocycles. The fourth-order valence-electron chi connectivity index (χ4n) is 1.24. The minimum absolute atomic E-state index is 0.00931. The van der Waals surface area contributed by atoms with Crippen LogP contribution in [0.2, 0.25) is 0 Å². The summed E-state index contributed by atoms with van der Waals surface area (Å²) in [5.74, 6) is -0.907. The van der Waals surface area contributed by atoms with E-state index in [1.54, 1.807) is 6.92 Å². The predicted molar refractivity (Wildman–Crippen MR) is 58.3 cm³/mol. The van der Waals surface area contributed by atoms with E-state index in [9.17, 15) is 9.90 Å². The zero-order valence-corrected chi connectivity index (χ0v) is 9.93. The molecule has 0 radical (unpaired) electrons. The third-order valence-corrected chi connectivity index (χ3v) is 2.51. The van der Waals surface area contributed by atoms with Gasteiger partial charge in [0.1, 0.15) is 5.56 Å². The number of aromatic hydroxyl groups is 1. The lowest BCUT2D eigenvalue weighted by Crippen LogP contribution is -2.08. The van der Waals surface area contributed by atoms with Crippen LogP contribution in [0.25, 0.3) is 5.65 Å². The van der Waals surface area contributed by atoms with Crippen LogP contribution in [-0.4, -0.2) is 32.3 Å². The molecule has 7 heteroatoms. The van der Waals surface area contributed by atoms with Crippen molar-refractivity contribution in [1.29, 1.82) is 0 Å². The Labute approximate surface area is 99.0 Å². The minimum atomic E-state index is -0.624. The summed E-state index contributed by atoms with van der Waals surface area (Å²) in [4.78, 5) is 15.4. The van der Waals surface area contributed by atoms with E-state index in [-0.39, 0.29) is 18.1 Å². The summed E-state index contributed by atoms with van der Waals surface area (Å²) in [6.45, 7) is 1.92. The van der Waals surface area contributed by atoms with Gasteiger partial charge in [-0.15, -0.1) is 0 Å². The van der Waals surface area contributed by atoms with Crippen molar-refractivity contribution in [1.82, 2.24) is 14.6 Å². The molecule has 16 heavy (non-hydrogen) atoms. The van der Waals surface area contributed by atoms with Crippen molar-refractivity contribution in [2.75, 3.05) is 6.61 Å². The van der Waals surface area contributed by atoms with Gasteiger partial charge in [-0.1, -0.05) is 0 Å². The number of ether oxygens (including phenoxy) is 1. The number of carbonyl (C=O) groups excluding carboxylic acids is 1. The summed E-state index contributed by atoms with van der Waals surface area (Å²) in [5, 5.41) is 13.7. The molecule has 6 nitrogen and oxygen atoms in total. The van der Waals surface area contributed by atoms with Crippen LogP contribution >= 0.6 is 15.9 Å². The van der Waals surface area contributed by atoms with Gasteiger partial charge in [0.05, 0.1) is 17.3 Å². The third kappa shape index (κ3) is 1.63. The Morgan fingerprint density at radius 1 is 1.62 bits per heavy atom. The first-order chi connectivity index (χ1) is 7.65. The highest BCUT2D eigenvalue weighted by Crippen LogP contribution is 2.22. The maximum Gasteiger partial charge on any atom is 0.345 e. The second kappa shape index (κ2) is 4.09. The summed E-state index contributed by atoms with van der Waals surface area (Å²) < 4.78 is 6.57. The maximum absolute atomic E-state index is 11.4. The molecule has 0 aliphatic heterocycles. The summed E-state index contributed by atoms with van der Waals surface area (Å²) >= 11 is 3.22. The number of halogens is 1. The minimum Gasteiger partial charge on any atom is -0.493 e. The molecule has 0 saturated carbocycles. The van der Waals surface area contributed by atoms with Crippen molar-refractivity contribution < 1.29 is 14.6 Å². The first-order valence-corrected chi connectivity index (χ1v) is 5.32. The number of esters is 1. The van der Waals surface area contributed by atoms with E-state index in [0.717, 1.165) is 4.52 Å². The zero-order chi connectivity index (χ0) is 11.7. The predicted octanol–water partition coefficient (Wildman–Crippen LogP) is 1.37. The number of hydrogen-bond donors (Lipinski definition) is 1. The molecule has 84 valence electrons. The van der Waals surface area contributed by atoms with E-state index in [0.29, 0.717) is 10.1 Å². The van der Waals surface area contributed by atoms with Crippen LogP contribution in [0.3, 0.4) is 0 Å². The Bertz CT molecular complexity index is 552. The van der Waals surface area contributed by atoms with Gasteiger partial charge in [-0.05, 0) is 22.9 Å². The van der Waals surface area contributed by atoms with Crippen LogP contribution in [0.4, 0.5) is 0 Å². The Morgan fingerprint density at radius 2 is 2.38 bits per heavy atom. The molecule has 0 aliphatic carbocycles. The van der Waals surface area contributed by atoms with E-state index >= 15 is 0 Å². The van der Waals surface area contributed by atoms with E-state index < -0.39 is 5.97 Å². The Balaban J connectivity index is 2.56. The molecule has 0 atom stereocenters. The lowest BCUT2D eigenvalue weighted by Gasteiger charge is -2.04. The highest BCUT2D eigenvalue weighted by atomic mass is 79.9. The highest BCUT2D eigenvalue weighted by molar-refractivity contribution is 9.10. The molecule has 0 saturated heterocycles. The quantitative estimate of drug-likeness (QED) is 0.844. The van der Waals surface area contributed by atoms with Gasteiger partial charge < -0.3 is 9.84 Å². The molecule has 1 N–H and O–H groups in total. The van der Waals surface area contributed by atoms with Crippen LogP contribution in [0.5, 0.6) is 5.88 Å². The molecular formula is C9H8BrN3O3. The molecule has 2 heterocycles. The van der Waals surface area contributed by atoms with E-state index in [2.05, 4.69) is 26.0 Å². The van der Waals surface area contributed by atoms with Crippen LogP contribution < -0.4 is 0 Å². The number of fused-ring (bicyclic) bond motifs is 1. The molecule has 2 rings (SSSR count). The van der Waals surface area contributed by atoms with Crippen molar-refractivity contribution in [3.63, 3.8) is 0 Å².